The van der Waals surface area contributed by atoms with E-state index in [0.29, 0.717) is 6.04 Å². The first-order valence-electron chi connectivity index (χ1n) is 7.08. The standard InChI is InChI=1S/C15H23N3O2/c1-18-10-4-3-5-14(18)11-16-12-6-8-13(9-7-12)17-15(19)20-2/h6-9,14,16H,3-5,10-11H2,1-2H3,(H,17,19). The van der Waals surface area contributed by atoms with E-state index in [4.69, 9.17) is 0 Å². The molecule has 5 heteroatoms. The number of ether oxygens (including phenoxy) is 1. The van der Waals surface area contributed by atoms with Gasteiger partial charge in [-0.2, -0.15) is 0 Å². The molecule has 0 aliphatic carbocycles. The van der Waals surface area contributed by atoms with Crippen LogP contribution >= 0.6 is 0 Å². The Hall–Kier alpha value is -1.75. The minimum atomic E-state index is -0.450. The highest BCUT2D eigenvalue weighted by Crippen LogP contribution is 2.17. The fourth-order valence-corrected chi connectivity index (χ4v) is 2.48. The van der Waals surface area contributed by atoms with Crippen LogP contribution in [0.2, 0.25) is 0 Å². The molecule has 0 radical (unpaired) electrons. The number of hydrogen-bond donors (Lipinski definition) is 2. The highest BCUT2D eigenvalue weighted by Gasteiger charge is 2.18. The first kappa shape index (κ1) is 14.7. The zero-order valence-corrected chi connectivity index (χ0v) is 12.2. The summed E-state index contributed by atoms with van der Waals surface area (Å²) >= 11 is 0. The van der Waals surface area contributed by atoms with Crippen LogP contribution in [0.1, 0.15) is 19.3 Å². The summed E-state index contributed by atoms with van der Waals surface area (Å²) in [5.41, 5.74) is 1.80. The summed E-state index contributed by atoms with van der Waals surface area (Å²) in [4.78, 5) is 13.5. The number of amides is 1. The number of carbonyl (C=O) groups excluding carboxylic acids is 1. The number of methoxy groups -OCH3 is 1. The molecule has 0 saturated carbocycles. The minimum Gasteiger partial charge on any atom is -0.453 e. The van der Waals surface area contributed by atoms with E-state index in [-0.39, 0.29) is 0 Å². The molecule has 5 nitrogen and oxygen atoms in total. The zero-order valence-electron chi connectivity index (χ0n) is 12.2. The van der Waals surface area contributed by atoms with E-state index in [2.05, 4.69) is 27.3 Å². The fourth-order valence-electron chi connectivity index (χ4n) is 2.48. The van der Waals surface area contributed by atoms with E-state index in [9.17, 15) is 4.79 Å². The van der Waals surface area contributed by atoms with Gasteiger partial charge in [-0.1, -0.05) is 6.42 Å². The van der Waals surface area contributed by atoms with Crippen molar-refractivity contribution in [3.63, 3.8) is 0 Å². The van der Waals surface area contributed by atoms with Gasteiger partial charge >= 0.3 is 6.09 Å². The second-order valence-corrected chi connectivity index (χ2v) is 5.21. The molecule has 110 valence electrons. The molecule has 1 saturated heterocycles. The van der Waals surface area contributed by atoms with E-state index in [0.717, 1.165) is 17.9 Å². The van der Waals surface area contributed by atoms with Gasteiger partial charge in [0.25, 0.3) is 0 Å². The molecule has 0 aromatic heterocycles. The van der Waals surface area contributed by atoms with Gasteiger partial charge in [0.05, 0.1) is 7.11 Å². The monoisotopic (exact) mass is 277 g/mol. The number of benzene rings is 1. The minimum absolute atomic E-state index is 0.450. The van der Waals surface area contributed by atoms with Crippen molar-refractivity contribution in [3.8, 4) is 0 Å². The lowest BCUT2D eigenvalue weighted by Gasteiger charge is -2.32. The number of nitrogens with one attached hydrogen (secondary N) is 2. The third kappa shape index (κ3) is 4.13. The van der Waals surface area contributed by atoms with Gasteiger partial charge in [-0.3, -0.25) is 5.32 Å². The van der Waals surface area contributed by atoms with Gasteiger partial charge in [-0.25, -0.2) is 4.79 Å². The van der Waals surface area contributed by atoms with Crippen molar-refractivity contribution in [1.82, 2.24) is 4.90 Å². The number of anilines is 2. The van der Waals surface area contributed by atoms with Crippen LogP contribution in [0.4, 0.5) is 16.2 Å². The van der Waals surface area contributed by atoms with Crippen molar-refractivity contribution < 1.29 is 9.53 Å². The van der Waals surface area contributed by atoms with E-state index in [1.165, 1.54) is 32.9 Å². The molecular formula is C15H23N3O2. The lowest BCUT2D eigenvalue weighted by atomic mass is 10.0. The van der Waals surface area contributed by atoms with Gasteiger partial charge in [0.1, 0.15) is 0 Å². The van der Waals surface area contributed by atoms with Gasteiger partial charge in [0.15, 0.2) is 0 Å². The molecule has 1 amide bonds. The van der Waals surface area contributed by atoms with Crippen molar-refractivity contribution in [1.29, 1.82) is 0 Å². The third-order valence-corrected chi connectivity index (χ3v) is 3.78. The van der Waals surface area contributed by atoms with E-state index < -0.39 is 6.09 Å². The van der Waals surface area contributed by atoms with Crippen LogP contribution in [0.25, 0.3) is 0 Å². The summed E-state index contributed by atoms with van der Waals surface area (Å²) in [6.07, 6.45) is 3.43. The van der Waals surface area contributed by atoms with Crippen LogP contribution in [0, 0.1) is 0 Å². The maximum atomic E-state index is 11.1. The Morgan fingerprint density at radius 1 is 1.30 bits per heavy atom. The third-order valence-electron chi connectivity index (χ3n) is 3.78. The Morgan fingerprint density at radius 2 is 2.00 bits per heavy atom. The van der Waals surface area contributed by atoms with Gasteiger partial charge in [0.2, 0.25) is 0 Å². The maximum absolute atomic E-state index is 11.1. The molecule has 0 spiro atoms. The molecule has 1 heterocycles. The first-order chi connectivity index (χ1) is 9.69. The van der Waals surface area contributed by atoms with Crippen LogP contribution in [0.3, 0.4) is 0 Å². The second kappa shape index (κ2) is 7.14. The number of hydrogen-bond acceptors (Lipinski definition) is 4. The summed E-state index contributed by atoms with van der Waals surface area (Å²) in [7, 11) is 3.54. The summed E-state index contributed by atoms with van der Waals surface area (Å²) in [6, 6.07) is 8.27. The number of carbonyl (C=O) groups is 1. The molecule has 1 aromatic carbocycles. The van der Waals surface area contributed by atoms with Crippen molar-refractivity contribution in [2.75, 3.05) is 37.9 Å². The highest BCUT2D eigenvalue weighted by atomic mass is 16.5. The molecule has 2 rings (SSSR count). The average molecular weight is 277 g/mol. The van der Waals surface area contributed by atoms with Crippen LogP contribution in [-0.4, -0.2) is 44.3 Å². The zero-order chi connectivity index (χ0) is 14.4. The number of likely N-dealkylation sites (N-methyl/N-ethyl adjacent to an activating group) is 1. The lowest BCUT2D eigenvalue weighted by Crippen LogP contribution is -2.40. The predicted octanol–water partition coefficient (Wildman–Crippen LogP) is 2.76. The molecule has 1 aliphatic rings. The Balaban J connectivity index is 1.82. The van der Waals surface area contributed by atoms with Crippen LogP contribution in [-0.2, 0) is 4.74 Å². The van der Waals surface area contributed by atoms with Crippen molar-refractivity contribution in [3.05, 3.63) is 24.3 Å². The van der Waals surface area contributed by atoms with Gasteiger partial charge in [0, 0.05) is 24.0 Å². The number of piperidine rings is 1. The molecule has 2 N–H and O–H groups in total. The van der Waals surface area contributed by atoms with Crippen LogP contribution < -0.4 is 10.6 Å². The summed E-state index contributed by atoms with van der Waals surface area (Å²) in [6.45, 7) is 2.15. The summed E-state index contributed by atoms with van der Waals surface area (Å²) in [5.74, 6) is 0. The first-order valence-corrected chi connectivity index (χ1v) is 7.08. The van der Waals surface area contributed by atoms with E-state index in [1.807, 2.05) is 24.3 Å². The lowest BCUT2D eigenvalue weighted by molar-refractivity contribution is 0.187. The molecule has 1 aromatic rings. The second-order valence-electron chi connectivity index (χ2n) is 5.21. The van der Waals surface area contributed by atoms with Crippen LogP contribution in [0.15, 0.2) is 24.3 Å². The molecule has 1 unspecified atom stereocenters. The molecule has 1 aliphatic heterocycles. The number of likely N-dealkylation sites (tertiary alicyclic amines) is 1. The maximum Gasteiger partial charge on any atom is 0.411 e. The Labute approximate surface area is 120 Å². The SMILES string of the molecule is COC(=O)Nc1ccc(NCC2CCCCN2C)cc1. The summed E-state index contributed by atoms with van der Waals surface area (Å²) < 4.78 is 4.55. The Kier molecular flexibility index (Phi) is 5.24. The number of nitrogens with zero attached hydrogens (tertiary/aromatic N) is 1. The smallest absolute Gasteiger partial charge is 0.411 e. The van der Waals surface area contributed by atoms with E-state index >= 15 is 0 Å². The summed E-state index contributed by atoms with van der Waals surface area (Å²) in [5, 5.41) is 6.09. The quantitative estimate of drug-likeness (QED) is 0.888. The Bertz CT molecular complexity index is 433. The number of rotatable bonds is 4. The fraction of sp³-hybridized carbons (Fsp3) is 0.533. The van der Waals surface area contributed by atoms with Crippen LogP contribution in [0.5, 0.6) is 0 Å². The van der Waals surface area contributed by atoms with Crippen molar-refractivity contribution in [2.45, 2.75) is 25.3 Å². The molecule has 0 bridgehead atoms. The Morgan fingerprint density at radius 3 is 2.65 bits per heavy atom. The van der Waals surface area contributed by atoms with Crippen molar-refractivity contribution in [2.24, 2.45) is 0 Å². The molecular weight excluding hydrogens is 254 g/mol. The largest absolute Gasteiger partial charge is 0.453 e. The molecule has 1 atom stereocenters. The van der Waals surface area contributed by atoms with Gasteiger partial charge < -0.3 is 15.0 Å². The van der Waals surface area contributed by atoms with E-state index in [1.54, 1.807) is 0 Å². The molecule has 20 heavy (non-hydrogen) atoms. The topological polar surface area (TPSA) is 53.6 Å². The van der Waals surface area contributed by atoms with Gasteiger partial charge in [-0.15, -0.1) is 0 Å². The predicted molar refractivity (Wildman–Crippen MR) is 81.2 cm³/mol. The molecule has 1 fully saturated rings. The highest BCUT2D eigenvalue weighted by molar-refractivity contribution is 5.84. The average Bonchev–Trinajstić information content (AvgIpc) is 2.48. The normalized spacial score (nSPS) is 19.4. The van der Waals surface area contributed by atoms with Crippen molar-refractivity contribution >= 4 is 17.5 Å². The van der Waals surface area contributed by atoms with Gasteiger partial charge in [-0.05, 0) is 50.7 Å².